The van der Waals surface area contributed by atoms with Crippen molar-refractivity contribution >= 4 is 38.4 Å². The third kappa shape index (κ3) is 5.11. The van der Waals surface area contributed by atoms with E-state index in [2.05, 4.69) is 9.71 Å². The topological polar surface area (TPSA) is 151 Å². The summed E-state index contributed by atoms with van der Waals surface area (Å²) in [6.07, 6.45) is 0.589. The highest BCUT2D eigenvalue weighted by atomic mass is 32.2. The van der Waals surface area contributed by atoms with E-state index in [1.54, 1.807) is 18.2 Å². The zero-order valence-corrected chi connectivity index (χ0v) is 16.6. The lowest BCUT2D eigenvalue weighted by molar-refractivity contribution is -0.138. The molecule has 0 amide bonds. The molecule has 0 aliphatic carbocycles. The number of nitrogens with zero attached hydrogens (tertiary/aromatic N) is 2. The number of hydrogen-bond donors (Lipinski definition) is 4. The summed E-state index contributed by atoms with van der Waals surface area (Å²) in [5, 5.41) is 10.1. The molecule has 28 heavy (non-hydrogen) atoms. The minimum atomic E-state index is -3.94. The smallest absolute Gasteiger partial charge is 0.320 e. The molecule has 0 heterocycles. The van der Waals surface area contributed by atoms with Gasteiger partial charge in [0, 0.05) is 37.1 Å². The van der Waals surface area contributed by atoms with Gasteiger partial charge in [0.1, 0.15) is 6.04 Å². The average molecular weight is 407 g/mol. The predicted molar refractivity (Wildman–Crippen MR) is 110 cm³/mol. The van der Waals surface area contributed by atoms with Crippen LogP contribution in [0, 0.1) is 0 Å². The Labute approximate surface area is 164 Å². The van der Waals surface area contributed by atoms with E-state index in [1.165, 1.54) is 6.07 Å². The monoisotopic (exact) mass is 407 g/mol. The maximum absolute atomic E-state index is 12.8. The highest BCUT2D eigenvalue weighted by molar-refractivity contribution is 7.90. The van der Waals surface area contributed by atoms with E-state index in [4.69, 9.17) is 16.6 Å². The number of rotatable bonds is 8. The Hall–Kier alpha value is -2.85. The lowest BCUT2D eigenvalue weighted by atomic mass is 10.1. The van der Waals surface area contributed by atoms with Gasteiger partial charge in [0.15, 0.2) is 0 Å². The van der Waals surface area contributed by atoms with Gasteiger partial charge < -0.3 is 21.5 Å². The Morgan fingerprint density at radius 3 is 2.50 bits per heavy atom. The minimum absolute atomic E-state index is 0.0970. The number of guanidine groups is 1. The number of sulfonamides is 1. The van der Waals surface area contributed by atoms with Crippen molar-refractivity contribution in [1.82, 2.24) is 4.72 Å². The number of aliphatic carboxylic acids is 1. The highest BCUT2D eigenvalue weighted by Crippen LogP contribution is 2.29. The molecule has 0 radical (unpaired) electrons. The van der Waals surface area contributed by atoms with Crippen molar-refractivity contribution < 1.29 is 18.3 Å². The molecule has 0 saturated heterocycles. The van der Waals surface area contributed by atoms with Gasteiger partial charge in [-0.15, -0.1) is 0 Å². The summed E-state index contributed by atoms with van der Waals surface area (Å²) in [5.41, 5.74) is 12.0. The first kappa shape index (κ1) is 21.5. The van der Waals surface area contributed by atoms with E-state index >= 15 is 0 Å². The second kappa shape index (κ2) is 8.89. The summed E-state index contributed by atoms with van der Waals surface area (Å²) in [4.78, 5) is 16.6. The first-order chi connectivity index (χ1) is 13.1. The molecule has 10 heteroatoms. The summed E-state index contributed by atoms with van der Waals surface area (Å²) in [6.45, 7) is 0.162. The Morgan fingerprint density at radius 2 is 1.86 bits per heavy atom. The van der Waals surface area contributed by atoms with E-state index in [9.17, 15) is 13.2 Å². The molecule has 0 aromatic heterocycles. The number of carboxylic acid groups (broad SMARTS) is 1. The van der Waals surface area contributed by atoms with Crippen molar-refractivity contribution in [3.8, 4) is 0 Å². The normalized spacial score (nSPS) is 13.3. The fraction of sp³-hybridized carbons (Fsp3) is 0.333. The molecule has 152 valence electrons. The number of aliphatic imine (C=N–C) groups is 1. The van der Waals surface area contributed by atoms with Gasteiger partial charge >= 0.3 is 5.97 Å². The van der Waals surface area contributed by atoms with Crippen LogP contribution >= 0.6 is 0 Å². The Balaban J connectivity index is 2.20. The van der Waals surface area contributed by atoms with E-state index in [0.29, 0.717) is 11.8 Å². The Morgan fingerprint density at radius 1 is 1.21 bits per heavy atom. The molecule has 0 bridgehead atoms. The zero-order valence-electron chi connectivity index (χ0n) is 15.8. The third-order valence-electron chi connectivity index (χ3n) is 4.14. The van der Waals surface area contributed by atoms with Crippen LogP contribution in [0.3, 0.4) is 0 Å². The van der Waals surface area contributed by atoms with E-state index < -0.39 is 22.0 Å². The number of anilines is 1. The molecular formula is C18H25N5O4S. The molecular weight excluding hydrogens is 382 g/mol. The minimum Gasteiger partial charge on any atom is -0.480 e. The van der Waals surface area contributed by atoms with Gasteiger partial charge in [-0.25, -0.2) is 13.1 Å². The summed E-state index contributed by atoms with van der Waals surface area (Å²) in [7, 11) is -0.171. The number of fused-ring (bicyclic) bond motifs is 1. The molecule has 0 aliphatic rings. The molecule has 2 rings (SSSR count). The molecule has 6 N–H and O–H groups in total. The highest BCUT2D eigenvalue weighted by Gasteiger charge is 2.19. The van der Waals surface area contributed by atoms with Crippen LogP contribution in [0.4, 0.5) is 5.69 Å². The van der Waals surface area contributed by atoms with Gasteiger partial charge in [0.05, 0.1) is 4.90 Å². The van der Waals surface area contributed by atoms with Crippen molar-refractivity contribution in [2.24, 2.45) is 16.5 Å². The number of nitrogens with one attached hydrogen (secondary N) is 1. The number of hydrogen-bond acceptors (Lipinski definition) is 6. The van der Waals surface area contributed by atoms with Gasteiger partial charge in [-0.05, 0) is 25.0 Å². The van der Waals surface area contributed by atoms with Crippen LogP contribution in [0.1, 0.15) is 12.8 Å². The largest absolute Gasteiger partial charge is 0.480 e. The summed E-state index contributed by atoms with van der Waals surface area (Å²) >= 11 is 0. The second-order valence-corrected chi connectivity index (χ2v) is 8.13. The molecule has 0 spiro atoms. The van der Waals surface area contributed by atoms with Crippen LogP contribution in [0.25, 0.3) is 10.8 Å². The van der Waals surface area contributed by atoms with Gasteiger partial charge in [0.2, 0.25) is 5.96 Å². The van der Waals surface area contributed by atoms with Crippen LogP contribution < -0.4 is 21.1 Å². The van der Waals surface area contributed by atoms with Gasteiger partial charge in [-0.1, -0.05) is 24.3 Å². The maximum atomic E-state index is 12.8. The predicted octanol–water partition coefficient (Wildman–Crippen LogP) is 0.691. The van der Waals surface area contributed by atoms with Crippen molar-refractivity contribution in [2.75, 3.05) is 25.5 Å². The molecule has 0 aliphatic heterocycles. The van der Waals surface area contributed by atoms with Crippen LogP contribution in [-0.4, -0.2) is 52.1 Å². The molecule has 2 aromatic rings. The number of nitrogens with two attached hydrogens (primary N) is 2. The summed E-state index contributed by atoms with van der Waals surface area (Å²) in [5.74, 6) is -1.35. The van der Waals surface area contributed by atoms with E-state index in [1.807, 2.05) is 31.1 Å². The Kier molecular flexibility index (Phi) is 6.81. The summed E-state index contributed by atoms with van der Waals surface area (Å²) in [6, 6.07) is 9.48. The lowest BCUT2D eigenvalue weighted by Gasteiger charge is -2.17. The van der Waals surface area contributed by atoms with Crippen molar-refractivity contribution in [2.45, 2.75) is 23.8 Å². The van der Waals surface area contributed by atoms with Crippen molar-refractivity contribution in [3.63, 3.8) is 0 Å². The first-order valence-corrected chi connectivity index (χ1v) is 10.1. The Bertz CT molecular complexity index is 989. The van der Waals surface area contributed by atoms with Crippen LogP contribution in [0.2, 0.25) is 0 Å². The zero-order chi connectivity index (χ0) is 20.9. The molecule has 0 fully saturated rings. The van der Waals surface area contributed by atoms with E-state index in [0.717, 1.165) is 11.1 Å². The first-order valence-electron chi connectivity index (χ1n) is 8.63. The van der Waals surface area contributed by atoms with Crippen LogP contribution in [0.15, 0.2) is 46.3 Å². The van der Waals surface area contributed by atoms with E-state index in [-0.39, 0.29) is 23.8 Å². The second-order valence-electron chi connectivity index (χ2n) is 6.48. The average Bonchev–Trinajstić information content (AvgIpc) is 2.63. The number of benzene rings is 2. The fourth-order valence-corrected chi connectivity index (χ4v) is 3.92. The van der Waals surface area contributed by atoms with Gasteiger partial charge in [0.25, 0.3) is 10.0 Å². The quantitative estimate of drug-likeness (QED) is 0.285. The molecule has 1 atom stereocenters. The summed E-state index contributed by atoms with van der Waals surface area (Å²) < 4.78 is 27.8. The van der Waals surface area contributed by atoms with Crippen LogP contribution in [-0.2, 0) is 14.8 Å². The number of carbonyl (C=O) groups is 1. The molecule has 0 unspecified atom stereocenters. The number of carboxylic acids is 1. The fourth-order valence-electron chi connectivity index (χ4n) is 2.75. The van der Waals surface area contributed by atoms with Gasteiger partial charge in [-0.3, -0.25) is 9.79 Å². The molecule has 0 saturated carbocycles. The standard InChI is InChI=1S/C18H25N5O4S/c1-23(2)15-9-3-7-13-12(15)6-4-10-16(13)28(26,27)22-18(20)21-11-5-8-14(19)17(24)25/h3-4,6-7,9-10,14H,5,8,11,19H2,1-2H3,(H,24,25)(H3,20,21,22)/t14-/m0/s1. The van der Waals surface area contributed by atoms with Crippen molar-refractivity contribution in [3.05, 3.63) is 36.4 Å². The SMILES string of the molecule is CN(C)c1cccc2c(S(=O)(=O)NC(N)=NCCC[C@H](N)C(=O)O)cccc12. The third-order valence-corrected chi connectivity index (χ3v) is 5.55. The lowest BCUT2D eigenvalue weighted by Crippen LogP contribution is -2.37. The van der Waals surface area contributed by atoms with Gasteiger partial charge in [-0.2, -0.15) is 0 Å². The van der Waals surface area contributed by atoms with Crippen LogP contribution in [0.5, 0.6) is 0 Å². The van der Waals surface area contributed by atoms with Crippen molar-refractivity contribution in [1.29, 1.82) is 0 Å². The molecule has 9 nitrogen and oxygen atoms in total. The molecule has 2 aromatic carbocycles. The maximum Gasteiger partial charge on any atom is 0.320 e.